The zero-order valence-electron chi connectivity index (χ0n) is 22.3. The minimum atomic E-state index is 0.00860. The van der Waals surface area contributed by atoms with Gasteiger partial charge in [0.25, 0.3) is 0 Å². The van der Waals surface area contributed by atoms with Crippen LogP contribution in [0.2, 0.25) is 0 Å². The Morgan fingerprint density at radius 1 is 0.737 bits per heavy atom. The number of phenols is 1. The van der Waals surface area contributed by atoms with E-state index in [0.29, 0.717) is 11.5 Å². The number of aryl methyl sites for hydroxylation is 2. The smallest absolute Gasteiger partial charge is 0.231 e. The number of aromatic hydroxyl groups is 1. The maximum absolute atomic E-state index is 10.4. The van der Waals surface area contributed by atoms with Gasteiger partial charge < -0.3 is 9.52 Å². The summed E-state index contributed by atoms with van der Waals surface area (Å²) in [6, 6.07) is 26.6. The molecule has 4 aromatic carbocycles. The molecule has 38 heavy (non-hydrogen) atoms. The van der Waals surface area contributed by atoms with E-state index < -0.39 is 0 Å². The van der Waals surface area contributed by atoms with Crippen molar-refractivity contribution >= 4 is 22.0 Å². The van der Waals surface area contributed by atoms with Crippen LogP contribution in [0.25, 0.3) is 55.7 Å². The van der Waals surface area contributed by atoms with E-state index in [4.69, 9.17) is 14.4 Å². The molecule has 1 N–H and O–H groups in total. The Bertz CT molecular complexity index is 1840. The predicted molar refractivity (Wildman–Crippen MR) is 155 cm³/mol. The van der Waals surface area contributed by atoms with Crippen molar-refractivity contribution in [3.63, 3.8) is 0 Å². The summed E-state index contributed by atoms with van der Waals surface area (Å²) in [5.41, 5.74) is 10.8. The van der Waals surface area contributed by atoms with Gasteiger partial charge >= 0.3 is 0 Å². The molecular weight excluding hydrogens is 468 g/mol. The predicted octanol–water partition coefficient (Wildman–Crippen LogP) is 9.00. The largest absolute Gasteiger partial charge is 0.507 e. The number of hydrogen-bond acceptors (Lipinski definition) is 4. The molecule has 0 fully saturated rings. The molecule has 188 valence electrons. The van der Waals surface area contributed by atoms with Crippen molar-refractivity contribution in [2.45, 2.75) is 40.0 Å². The van der Waals surface area contributed by atoms with E-state index in [1.54, 1.807) is 12.1 Å². The summed E-state index contributed by atoms with van der Waals surface area (Å²) in [6.07, 6.45) is 1.86. The van der Waals surface area contributed by atoms with E-state index >= 15 is 0 Å². The first-order valence-corrected chi connectivity index (χ1v) is 12.9. The zero-order valence-corrected chi connectivity index (χ0v) is 22.3. The van der Waals surface area contributed by atoms with E-state index in [9.17, 15) is 5.11 Å². The van der Waals surface area contributed by atoms with Crippen molar-refractivity contribution in [1.29, 1.82) is 0 Å². The van der Waals surface area contributed by atoms with Gasteiger partial charge in [-0.25, -0.2) is 4.98 Å². The molecule has 0 amide bonds. The standard InChI is InChI=1S/C34H30N2O2/c1-20-15-23(17-24(16-20)28-19-25(34(3,4)5)18-22-9-8-14-35-30(22)28)26-13-12-21(2)32-31(26)36-33(38-32)27-10-6-7-11-29(27)37/h6-19,37H,1-5H3. The molecule has 0 saturated heterocycles. The second kappa shape index (κ2) is 8.84. The lowest BCUT2D eigenvalue weighted by Gasteiger charge is -2.21. The second-order valence-electron chi connectivity index (χ2n) is 11.1. The van der Waals surface area contributed by atoms with E-state index in [0.717, 1.165) is 55.4 Å². The van der Waals surface area contributed by atoms with Crippen LogP contribution < -0.4 is 0 Å². The number of oxazole rings is 1. The first-order valence-electron chi connectivity index (χ1n) is 12.9. The Morgan fingerprint density at radius 2 is 1.50 bits per heavy atom. The Morgan fingerprint density at radius 3 is 2.26 bits per heavy atom. The molecule has 0 atom stereocenters. The molecule has 2 heterocycles. The molecule has 6 aromatic rings. The van der Waals surface area contributed by atoms with Gasteiger partial charge in [-0.05, 0) is 83.5 Å². The van der Waals surface area contributed by atoms with Crippen molar-refractivity contribution in [3.05, 3.63) is 102 Å². The van der Waals surface area contributed by atoms with Crippen molar-refractivity contribution in [3.8, 4) is 39.5 Å². The molecular formula is C34H30N2O2. The molecule has 0 bridgehead atoms. The molecule has 4 heteroatoms. The highest BCUT2D eigenvalue weighted by Crippen LogP contribution is 2.39. The molecule has 0 aliphatic heterocycles. The van der Waals surface area contributed by atoms with Gasteiger partial charge in [-0.15, -0.1) is 0 Å². The lowest BCUT2D eigenvalue weighted by molar-refractivity contribution is 0.474. The number of para-hydroxylation sites is 1. The van der Waals surface area contributed by atoms with Gasteiger partial charge in [0.1, 0.15) is 11.3 Å². The van der Waals surface area contributed by atoms with Crippen LogP contribution in [-0.4, -0.2) is 15.1 Å². The third-order valence-electron chi connectivity index (χ3n) is 7.15. The number of aromatic nitrogens is 2. The number of rotatable bonds is 3. The van der Waals surface area contributed by atoms with Crippen LogP contribution in [0.3, 0.4) is 0 Å². The van der Waals surface area contributed by atoms with Gasteiger partial charge in [0.05, 0.1) is 11.1 Å². The van der Waals surface area contributed by atoms with Crippen molar-refractivity contribution in [2.75, 3.05) is 0 Å². The van der Waals surface area contributed by atoms with Gasteiger partial charge in [-0.1, -0.05) is 63.2 Å². The fourth-order valence-corrected chi connectivity index (χ4v) is 5.08. The molecule has 4 nitrogen and oxygen atoms in total. The van der Waals surface area contributed by atoms with Crippen LogP contribution in [0.1, 0.15) is 37.5 Å². The van der Waals surface area contributed by atoms with Crippen molar-refractivity contribution in [2.24, 2.45) is 0 Å². The molecule has 0 aliphatic carbocycles. The highest BCUT2D eigenvalue weighted by molar-refractivity contribution is 5.98. The first-order chi connectivity index (χ1) is 18.2. The number of nitrogens with zero attached hydrogens (tertiary/aromatic N) is 2. The average Bonchev–Trinajstić information content (AvgIpc) is 3.34. The Labute approximate surface area is 222 Å². The molecule has 0 radical (unpaired) electrons. The summed E-state index contributed by atoms with van der Waals surface area (Å²) in [5.74, 6) is 0.559. The van der Waals surface area contributed by atoms with Crippen LogP contribution in [0.15, 0.2) is 89.5 Å². The van der Waals surface area contributed by atoms with Gasteiger partial charge in [0, 0.05) is 22.7 Å². The van der Waals surface area contributed by atoms with Gasteiger partial charge in [-0.3, -0.25) is 4.98 Å². The van der Waals surface area contributed by atoms with Crippen LogP contribution in [0, 0.1) is 13.8 Å². The molecule has 0 spiro atoms. The van der Waals surface area contributed by atoms with Gasteiger partial charge in [0.15, 0.2) is 5.58 Å². The highest BCUT2D eigenvalue weighted by atomic mass is 16.3. The molecule has 0 aliphatic rings. The maximum atomic E-state index is 10.4. The molecule has 0 saturated carbocycles. The van der Waals surface area contributed by atoms with Crippen molar-refractivity contribution in [1.82, 2.24) is 9.97 Å². The quantitative estimate of drug-likeness (QED) is 0.264. The van der Waals surface area contributed by atoms with Crippen molar-refractivity contribution < 1.29 is 9.52 Å². The Hall–Kier alpha value is -4.44. The number of pyridine rings is 1. The lowest BCUT2D eigenvalue weighted by atomic mass is 9.83. The minimum Gasteiger partial charge on any atom is -0.507 e. The van der Waals surface area contributed by atoms with Crippen LogP contribution >= 0.6 is 0 Å². The third kappa shape index (κ3) is 4.12. The topological polar surface area (TPSA) is 59.2 Å². The minimum absolute atomic E-state index is 0.00860. The summed E-state index contributed by atoms with van der Waals surface area (Å²) in [5, 5.41) is 11.5. The lowest BCUT2D eigenvalue weighted by Crippen LogP contribution is -2.11. The summed E-state index contributed by atoms with van der Waals surface area (Å²) in [4.78, 5) is 9.64. The summed E-state index contributed by atoms with van der Waals surface area (Å²) >= 11 is 0. The highest BCUT2D eigenvalue weighted by Gasteiger charge is 2.20. The average molecular weight is 499 g/mol. The normalized spacial score (nSPS) is 11.9. The first kappa shape index (κ1) is 23.9. The van der Waals surface area contributed by atoms with E-state index in [1.165, 1.54) is 5.56 Å². The van der Waals surface area contributed by atoms with Gasteiger partial charge in [-0.2, -0.15) is 0 Å². The monoisotopic (exact) mass is 498 g/mol. The zero-order chi connectivity index (χ0) is 26.6. The Balaban J connectivity index is 1.57. The van der Waals surface area contributed by atoms with Crippen LogP contribution in [0.5, 0.6) is 5.75 Å². The van der Waals surface area contributed by atoms with Gasteiger partial charge in [0.2, 0.25) is 5.89 Å². The molecule has 2 aromatic heterocycles. The fraction of sp³-hybridized carbons (Fsp3) is 0.176. The van der Waals surface area contributed by atoms with Crippen LogP contribution in [0.4, 0.5) is 0 Å². The molecule has 6 rings (SSSR count). The fourth-order valence-electron chi connectivity index (χ4n) is 5.08. The van der Waals surface area contributed by atoms with E-state index in [-0.39, 0.29) is 11.2 Å². The maximum Gasteiger partial charge on any atom is 0.231 e. The summed E-state index contributed by atoms with van der Waals surface area (Å²) < 4.78 is 6.20. The van der Waals surface area contributed by atoms with E-state index in [2.05, 4.69) is 76.2 Å². The number of benzene rings is 4. The number of phenolic OH excluding ortho intramolecular Hbond substituents is 1. The Kier molecular flexibility index (Phi) is 5.57. The summed E-state index contributed by atoms with van der Waals surface area (Å²) in [7, 11) is 0. The molecule has 0 unspecified atom stereocenters. The number of fused-ring (bicyclic) bond motifs is 2. The second-order valence-corrected chi connectivity index (χ2v) is 11.1. The SMILES string of the molecule is Cc1cc(-c2cc(C(C)(C)C)cc3cccnc23)cc(-c2ccc(C)c3oc(-c4ccccc4O)nc23)c1. The van der Waals surface area contributed by atoms with E-state index in [1.807, 2.05) is 31.3 Å². The summed E-state index contributed by atoms with van der Waals surface area (Å²) in [6.45, 7) is 10.9. The third-order valence-corrected chi connectivity index (χ3v) is 7.15. The number of hydrogen-bond donors (Lipinski definition) is 1. The van der Waals surface area contributed by atoms with Crippen LogP contribution in [-0.2, 0) is 5.41 Å².